The fraction of sp³-hybridized carbons (Fsp3) is 0.667. The Balaban J connectivity index is 3.96. The number of rotatable bonds is 4. The Morgan fingerprint density at radius 2 is 0.905 bits per heavy atom. The molecule has 0 heterocycles. The first-order chi connectivity index (χ1) is 9.70. The van der Waals surface area contributed by atoms with E-state index in [1.54, 1.807) is 27.7 Å². The standard InChI is InChI=1S/C12H18O9/c1-7(2)5-17-9(13)19-11(15)21-12(16)20-10(14)18-6-8(3)4/h7-8H,5-6H2,1-4H3. The van der Waals surface area contributed by atoms with Crippen molar-refractivity contribution >= 4 is 24.6 Å². The molecule has 0 amide bonds. The molecule has 0 unspecified atom stereocenters. The number of carbonyl (C=O) groups excluding carboxylic acids is 4. The van der Waals surface area contributed by atoms with E-state index < -0.39 is 24.6 Å². The number of ether oxygens (including phenoxy) is 5. The van der Waals surface area contributed by atoms with E-state index in [0.29, 0.717) is 0 Å². The molecule has 120 valence electrons. The van der Waals surface area contributed by atoms with Gasteiger partial charge in [-0.1, -0.05) is 27.7 Å². The summed E-state index contributed by atoms with van der Waals surface area (Å²) in [7, 11) is 0. The van der Waals surface area contributed by atoms with Gasteiger partial charge in [-0.25, -0.2) is 19.2 Å². The summed E-state index contributed by atoms with van der Waals surface area (Å²) in [5, 5.41) is 0. The van der Waals surface area contributed by atoms with E-state index in [9.17, 15) is 19.2 Å². The molecule has 0 atom stereocenters. The minimum Gasteiger partial charge on any atom is -0.434 e. The van der Waals surface area contributed by atoms with Crippen LogP contribution >= 0.6 is 0 Å². The zero-order valence-electron chi connectivity index (χ0n) is 12.2. The maximum absolute atomic E-state index is 11.0. The summed E-state index contributed by atoms with van der Waals surface area (Å²) in [4.78, 5) is 43.8. The lowest BCUT2D eigenvalue weighted by Gasteiger charge is -2.07. The van der Waals surface area contributed by atoms with Gasteiger partial charge in [0.2, 0.25) is 0 Å². The van der Waals surface area contributed by atoms with Crippen LogP contribution in [0.5, 0.6) is 0 Å². The Labute approximate surface area is 121 Å². The van der Waals surface area contributed by atoms with Crippen molar-refractivity contribution in [2.45, 2.75) is 27.7 Å². The monoisotopic (exact) mass is 306 g/mol. The summed E-state index contributed by atoms with van der Waals surface area (Å²) in [6, 6.07) is 0. The van der Waals surface area contributed by atoms with Gasteiger partial charge in [0.1, 0.15) is 0 Å². The number of carbonyl (C=O) groups is 4. The van der Waals surface area contributed by atoms with Crippen molar-refractivity contribution in [2.24, 2.45) is 11.8 Å². The highest BCUT2D eigenvalue weighted by Gasteiger charge is 2.21. The van der Waals surface area contributed by atoms with Crippen molar-refractivity contribution in [3.8, 4) is 0 Å². The van der Waals surface area contributed by atoms with E-state index in [-0.39, 0.29) is 25.0 Å². The molecule has 9 heteroatoms. The molecule has 0 saturated heterocycles. The smallest absolute Gasteiger partial charge is 0.434 e. The van der Waals surface area contributed by atoms with Gasteiger partial charge < -0.3 is 23.7 Å². The van der Waals surface area contributed by atoms with Gasteiger partial charge in [0.25, 0.3) is 0 Å². The Morgan fingerprint density at radius 1 is 0.619 bits per heavy atom. The lowest BCUT2D eigenvalue weighted by molar-refractivity contribution is 0.0200. The molecule has 0 aliphatic heterocycles. The molecule has 0 aliphatic rings. The molecule has 0 spiro atoms. The number of hydrogen-bond acceptors (Lipinski definition) is 9. The summed E-state index contributed by atoms with van der Waals surface area (Å²) < 4.78 is 20.8. The summed E-state index contributed by atoms with van der Waals surface area (Å²) >= 11 is 0. The first-order valence-corrected chi connectivity index (χ1v) is 6.15. The minimum absolute atomic E-state index is 0.0259. The fourth-order valence-electron chi connectivity index (χ4n) is 0.774. The average Bonchev–Trinajstić information content (AvgIpc) is 2.33. The van der Waals surface area contributed by atoms with Crippen LogP contribution in [-0.4, -0.2) is 37.8 Å². The second kappa shape index (κ2) is 9.56. The summed E-state index contributed by atoms with van der Waals surface area (Å²) in [6.07, 6.45) is -6.01. The van der Waals surface area contributed by atoms with E-state index >= 15 is 0 Å². The highest BCUT2D eigenvalue weighted by molar-refractivity contribution is 5.87. The maximum Gasteiger partial charge on any atom is 0.528 e. The second-order valence-electron chi connectivity index (χ2n) is 4.72. The van der Waals surface area contributed by atoms with Crippen molar-refractivity contribution in [3.05, 3.63) is 0 Å². The molecule has 21 heavy (non-hydrogen) atoms. The first kappa shape index (κ1) is 18.7. The molecule has 0 aromatic carbocycles. The predicted octanol–water partition coefficient (Wildman–Crippen LogP) is 2.86. The SMILES string of the molecule is CC(C)COC(=O)OC(=O)OC(=O)OC(=O)OCC(C)C. The Morgan fingerprint density at radius 3 is 1.19 bits per heavy atom. The van der Waals surface area contributed by atoms with E-state index in [4.69, 9.17) is 0 Å². The Kier molecular flexibility index (Phi) is 8.51. The molecular formula is C12H18O9. The molecule has 0 aliphatic carbocycles. The molecule has 0 fully saturated rings. The van der Waals surface area contributed by atoms with Crippen LogP contribution in [0.3, 0.4) is 0 Å². The van der Waals surface area contributed by atoms with Gasteiger partial charge in [-0.3, -0.25) is 0 Å². The van der Waals surface area contributed by atoms with Crippen LogP contribution in [0.1, 0.15) is 27.7 Å². The normalized spacial score (nSPS) is 10.0. The lowest BCUT2D eigenvalue weighted by Crippen LogP contribution is -2.22. The third-order valence-electron chi connectivity index (χ3n) is 1.57. The van der Waals surface area contributed by atoms with Crippen molar-refractivity contribution in [1.29, 1.82) is 0 Å². The molecule has 9 nitrogen and oxygen atoms in total. The van der Waals surface area contributed by atoms with Crippen LogP contribution < -0.4 is 0 Å². The minimum atomic E-state index is -1.68. The van der Waals surface area contributed by atoms with Gasteiger partial charge in [0.15, 0.2) is 0 Å². The van der Waals surface area contributed by atoms with Gasteiger partial charge in [-0.2, -0.15) is 0 Å². The van der Waals surface area contributed by atoms with Gasteiger partial charge in [-0.05, 0) is 11.8 Å². The molecule has 0 N–H and O–H groups in total. The van der Waals surface area contributed by atoms with Gasteiger partial charge in [0.05, 0.1) is 13.2 Å². The van der Waals surface area contributed by atoms with Crippen molar-refractivity contribution in [1.82, 2.24) is 0 Å². The highest BCUT2D eigenvalue weighted by Crippen LogP contribution is 1.99. The van der Waals surface area contributed by atoms with Crippen LogP contribution in [-0.2, 0) is 23.7 Å². The predicted molar refractivity (Wildman–Crippen MR) is 66.4 cm³/mol. The van der Waals surface area contributed by atoms with Crippen LogP contribution in [0, 0.1) is 11.8 Å². The maximum atomic E-state index is 11.0. The molecule has 0 rings (SSSR count). The van der Waals surface area contributed by atoms with E-state index in [2.05, 4.69) is 23.7 Å². The molecule has 0 saturated carbocycles. The van der Waals surface area contributed by atoms with Gasteiger partial charge in [0, 0.05) is 0 Å². The van der Waals surface area contributed by atoms with Crippen LogP contribution in [0.15, 0.2) is 0 Å². The van der Waals surface area contributed by atoms with Crippen molar-refractivity contribution < 1.29 is 42.9 Å². The molecule has 0 bridgehead atoms. The third-order valence-corrected chi connectivity index (χ3v) is 1.57. The molecule has 0 aromatic heterocycles. The zero-order valence-corrected chi connectivity index (χ0v) is 12.2. The summed E-state index contributed by atoms with van der Waals surface area (Å²) in [5.41, 5.74) is 0. The molecular weight excluding hydrogens is 288 g/mol. The third kappa shape index (κ3) is 11.2. The topological polar surface area (TPSA) is 114 Å². The Bertz CT molecular complexity index is 350. The van der Waals surface area contributed by atoms with Crippen LogP contribution in [0.25, 0.3) is 0 Å². The van der Waals surface area contributed by atoms with Gasteiger partial charge >= 0.3 is 24.6 Å². The van der Waals surface area contributed by atoms with E-state index in [0.717, 1.165) is 0 Å². The molecule has 0 radical (unpaired) electrons. The first-order valence-electron chi connectivity index (χ1n) is 6.15. The quantitative estimate of drug-likeness (QED) is 0.439. The van der Waals surface area contributed by atoms with Crippen LogP contribution in [0.2, 0.25) is 0 Å². The zero-order chi connectivity index (χ0) is 16.4. The Hall–Kier alpha value is -2.32. The van der Waals surface area contributed by atoms with E-state index in [1.807, 2.05) is 0 Å². The summed E-state index contributed by atoms with van der Waals surface area (Å²) in [5.74, 6) is 0.0727. The summed E-state index contributed by atoms with van der Waals surface area (Å²) in [6.45, 7) is 7.13. The van der Waals surface area contributed by atoms with Crippen molar-refractivity contribution in [3.63, 3.8) is 0 Å². The largest absolute Gasteiger partial charge is 0.528 e. The number of hydrogen-bond donors (Lipinski definition) is 0. The van der Waals surface area contributed by atoms with Crippen LogP contribution in [0.4, 0.5) is 19.2 Å². The fourth-order valence-corrected chi connectivity index (χ4v) is 0.774. The molecule has 0 aromatic rings. The van der Waals surface area contributed by atoms with Crippen molar-refractivity contribution in [2.75, 3.05) is 13.2 Å². The second-order valence-corrected chi connectivity index (χ2v) is 4.72. The van der Waals surface area contributed by atoms with E-state index in [1.165, 1.54) is 0 Å². The lowest BCUT2D eigenvalue weighted by atomic mass is 10.2. The highest BCUT2D eigenvalue weighted by atomic mass is 16.9. The van der Waals surface area contributed by atoms with Gasteiger partial charge in [-0.15, -0.1) is 0 Å². The average molecular weight is 306 g/mol.